The lowest BCUT2D eigenvalue weighted by Crippen LogP contribution is -2.34. The zero-order chi connectivity index (χ0) is 17.7. The van der Waals surface area contributed by atoms with Crippen LogP contribution in [0.15, 0.2) is 54.6 Å². The first-order chi connectivity index (χ1) is 11.3. The number of sulfonamides is 1. The molecule has 1 amide bonds. The van der Waals surface area contributed by atoms with Gasteiger partial charge in [-0.3, -0.25) is 4.79 Å². The Morgan fingerprint density at radius 3 is 2.25 bits per heavy atom. The van der Waals surface area contributed by atoms with Crippen LogP contribution in [-0.4, -0.2) is 27.6 Å². The topological polar surface area (TPSA) is 66.5 Å². The number of rotatable bonds is 6. The average Bonchev–Trinajstić information content (AvgIpc) is 2.53. The molecular formula is C17H19FN2O3S. The Labute approximate surface area is 141 Å². The number of amides is 1. The lowest BCUT2D eigenvalue weighted by Gasteiger charge is -2.22. The Hall–Kier alpha value is -2.25. The van der Waals surface area contributed by atoms with E-state index in [-0.39, 0.29) is 12.3 Å². The fourth-order valence-corrected chi connectivity index (χ4v) is 3.02. The Balaban J connectivity index is 2.21. The first-order valence-electron chi connectivity index (χ1n) is 7.30. The summed E-state index contributed by atoms with van der Waals surface area (Å²) in [5, 5.41) is 0. The van der Waals surface area contributed by atoms with E-state index in [1.165, 1.54) is 29.2 Å². The molecule has 5 nitrogen and oxygen atoms in total. The second-order valence-electron chi connectivity index (χ2n) is 5.49. The van der Waals surface area contributed by atoms with Gasteiger partial charge < -0.3 is 4.90 Å². The van der Waals surface area contributed by atoms with Crippen LogP contribution in [0.2, 0.25) is 0 Å². The van der Waals surface area contributed by atoms with E-state index in [0.717, 1.165) is 6.26 Å². The Kier molecular flexibility index (Phi) is 5.69. The van der Waals surface area contributed by atoms with Crippen LogP contribution < -0.4 is 9.62 Å². The van der Waals surface area contributed by atoms with E-state index >= 15 is 0 Å². The lowest BCUT2D eigenvalue weighted by molar-refractivity contribution is -0.118. The number of nitrogens with zero attached hydrogens (tertiary/aromatic N) is 1. The molecule has 0 radical (unpaired) electrons. The van der Waals surface area contributed by atoms with E-state index in [1.54, 1.807) is 19.2 Å². The van der Waals surface area contributed by atoms with Crippen molar-refractivity contribution in [3.8, 4) is 0 Å². The lowest BCUT2D eigenvalue weighted by atomic mass is 10.0. The number of para-hydroxylation sites is 1. The van der Waals surface area contributed by atoms with E-state index < -0.39 is 21.9 Å². The first-order valence-corrected chi connectivity index (χ1v) is 9.20. The highest BCUT2D eigenvalue weighted by atomic mass is 32.2. The highest BCUT2D eigenvalue weighted by Gasteiger charge is 2.22. The maximum atomic E-state index is 13.1. The summed E-state index contributed by atoms with van der Waals surface area (Å²) in [6.07, 6.45) is 0.943. The molecule has 0 spiro atoms. The van der Waals surface area contributed by atoms with Gasteiger partial charge in [-0.1, -0.05) is 30.3 Å². The van der Waals surface area contributed by atoms with E-state index in [2.05, 4.69) is 4.72 Å². The molecule has 0 saturated heterocycles. The molecule has 0 aromatic heterocycles. The highest BCUT2D eigenvalue weighted by molar-refractivity contribution is 7.88. The number of hydrogen-bond donors (Lipinski definition) is 1. The van der Waals surface area contributed by atoms with Crippen molar-refractivity contribution in [1.29, 1.82) is 0 Å². The molecular weight excluding hydrogens is 331 g/mol. The maximum Gasteiger partial charge on any atom is 0.228 e. The van der Waals surface area contributed by atoms with E-state index in [4.69, 9.17) is 0 Å². The monoisotopic (exact) mass is 350 g/mol. The number of benzene rings is 2. The smallest absolute Gasteiger partial charge is 0.228 e. The second kappa shape index (κ2) is 7.55. The fourth-order valence-electron chi connectivity index (χ4n) is 2.29. The molecule has 2 aromatic rings. The molecule has 0 fully saturated rings. The van der Waals surface area contributed by atoms with Crippen molar-refractivity contribution in [1.82, 2.24) is 4.72 Å². The van der Waals surface area contributed by atoms with Gasteiger partial charge in [0, 0.05) is 19.2 Å². The van der Waals surface area contributed by atoms with E-state index in [1.807, 2.05) is 18.2 Å². The van der Waals surface area contributed by atoms with Crippen molar-refractivity contribution >= 4 is 21.6 Å². The number of hydrogen-bond acceptors (Lipinski definition) is 3. The summed E-state index contributed by atoms with van der Waals surface area (Å²) in [6.45, 7) is 0. The summed E-state index contributed by atoms with van der Waals surface area (Å²) in [7, 11) is -1.91. The number of halogens is 1. The predicted molar refractivity (Wildman–Crippen MR) is 91.6 cm³/mol. The van der Waals surface area contributed by atoms with Gasteiger partial charge in [-0.15, -0.1) is 0 Å². The van der Waals surface area contributed by atoms with Crippen molar-refractivity contribution in [2.75, 3.05) is 18.2 Å². The third-order valence-electron chi connectivity index (χ3n) is 3.53. The predicted octanol–water partition coefficient (Wildman–Crippen LogP) is 2.47. The van der Waals surface area contributed by atoms with E-state index in [9.17, 15) is 17.6 Å². The SMILES string of the molecule is CN(C(=O)C[C@@H](NS(C)(=O)=O)c1ccc(F)cc1)c1ccccc1. The minimum absolute atomic E-state index is 0.0793. The third kappa shape index (κ3) is 5.14. The summed E-state index contributed by atoms with van der Waals surface area (Å²) < 4.78 is 38.7. The zero-order valence-corrected chi connectivity index (χ0v) is 14.3. The summed E-state index contributed by atoms with van der Waals surface area (Å²) in [5.74, 6) is -0.684. The normalized spacial score (nSPS) is 12.6. The molecule has 0 bridgehead atoms. The van der Waals surface area contributed by atoms with Crippen molar-refractivity contribution in [2.45, 2.75) is 12.5 Å². The maximum absolute atomic E-state index is 13.1. The molecule has 2 aromatic carbocycles. The van der Waals surface area contributed by atoms with Crippen LogP contribution >= 0.6 is 0 Å². The minimum atomic E-state index is -3.53. The summed E-state index contributed by atoms with van der Waals surface area (Å²) in [4.78, 5) is 14.0. The molecule has 1 atom stereocenters. The highest BCUT2D eigenvalue weighted by Crippen LogP contribution is 2.21. The van der Waals surface area contributed by atoms with Crippen LogP contribution in [0.25, 0.3) is 0 Å². The van der Waals surface area contributed by atoms with Gasteiger partial charge in [0.2, 0.25) is 15.9 Å². The average molecular weight is 350 g/mol. The van der Waals surface area contributed by atoms with Gasteiger partial charge in [-0.2, -0.15) is 0 Å². The fraction of sp³-hybridized carbons (Fsp3) is 0.235. The number of carbonyl (C=O) groups is 1. The van der Waals surface area contributed by atoms with Crippen LogP contribution in [0.4, 0.5) is 10.1 Å². The molecule has 0 heterocycles. The van der Waals surface area contributed by atoms with Gasteiger partial charge in [0.1, 0.15) is 5.82 Å². The molecule has 0 aliphatic carbocycles. The molecule has 7 heteroatoms. The molecule has 24 heavy (non-hydrogen) atoms. The van der Waals surface area contributed by atoms with Gasteiger partial charge in [-0.25, -0.2) is 17.5 Å². The van der Waals surface area contributed by atoms with Crippen LogP contribution in [-0.2, 0) is 14.8 Å². The standard InChI is InChI=1S/C17H19FN2O3S/c1-20(15-6-4-3-5-7-15)17(21)12-16(19-24(2,22)23)13-8-10-14(18)11-9-13/h3-11,16,19H,12H2,1-2H3/t16-/m1/s1. The van der Waals surface area contributed by atoms with Gasteiger partial charge in [0.15, 0.2) is 0 Å². The van der Waals surface area contributed by atoms with Gasteiger partial charge in [0.05, 0.1) is 12.3 Å². The van der Waals surface area contributed by atoms with E-state index in [0.29, 0.717) is 11.3 Å². The summed E-state index contributed by atoms with van der Waals surface area (Å²) in [6, 6.07) is 13.7. The quantitative estimate of drug-likeness (QED) is 0.870. The first kappa shape index (κ1) is 18.1. The molecule has 0 saturated carbocycles. The second-order valence-corrected chi connectivity index (χ2v) is 7.27. The van der Waals surface area contributed by atoms with Gasteiger partial charge in [-0.05, 0) is 29.8 Å². The number of carbonyl (C=O) groups excluding carboxylic acids is 1. The van der Waals surface area contributed by atoms with Crippen LogP contribution in [0, 0.1) is 5.82 Å². The van der Waals surface area contributed by atoms with Crippen molar-refractivity contribution in [3.05, 3.63) is 66.0 Å². The number of nitrogens with one attached hydrogen (secondary N) is 1. The van der Waals surface area contributed by atoms with Crippen LogP contribution in [0.5, 0.6) is 0 Å². The summed E-state index contributed by atoms with van der Waals surface area (Å²) in [5.41, 5.74) is 1.23. The number of anilines is 1. The van der Waals surface area contributed by atoms with Crippen LogP contribution in [0.1, 0.15) is 18.0 Å². The summed E-state index contributed by atoms with van der Waals surface area (Å²) >= 11 is 0. The molecule has 128 valence electrons. The van der Waals surface area contributed by atoms with Crippen molar-refractivity contribution < 1.29 is 17.6 Å². The molecule has 2 rings (SSSR count). The molecule has 0 unspecified atom stereocenters. The molecule has 0 aliphatic rings. The Morgan fingerprint density at radius 1 is 1.12 bits per heavy atom. The van der Waals surface area contributed by atoms with Gasteiger partial charge >= 0.3 is 0 Å². The van der Waals surface area contributed by atoms with Crippen molar-refractivity contribution in [2.24, 2.45) is 0 Å². The van der Waals surface area contributed by atoms with Crippen LogP contribution in [0.3, 0.4) is 0 Å². The largest absolute Gasteiger partial charge is 0.315 e. The molecule has 0 aliphatic heterocycles. The van der Waals surface area contributed by atoms with Gasteiger partial charge in [0.25, 0.3) is 0 Å². The van der Waals surface area contributed by atoms with Crippen molar-refractivity contribution in [3.63, 3.8) is 0 Å². The molecule has 1 N–H and O–H groups in total. The zero-order valence-electron chi connectivity index (χ0n) is 13.4. The Bertz CT molecular complexity index is 792. The minimum Gasteiger partial charge on any atom is -0.315 e. The third-order valence-corrected chi connectivity index (χ3v) is 4.24. The Morgan fingerprint density at radius 2 is 1.71 bits per heavy atom.